The zero-order valence-corrected chi connectivity index (χ0v) is 31.9. The van der Waals surface area contributed by atoms with Crippen LogP contribution in [0.4, 0.5) is 5.69 Å². The Labute approximate surface area is 319 Å². The molecular formula is C40H57N7O7. The highest BCUT2D eigenvalue weighted by molar-refractivity contribution is 6.06. The van der Waals surface area contributed by atoms with Crippen LogP contribution in [0, 0.1) is 10.8 Å². The minimum Gasteiger partial charge on any atom is -0.494 e. The molecule has 1 amide bonds. The molecule has 0 saturated heterocycles. The van der Waals surface area contributed by atoms with E-state index >= 15 is 0 Å². The maximum absolute atomic E-state index is 13.1. The molecule has 3 rings (SSSR count). The molecule has 2 aromatic carbocycles. The molecule has 54 heavy (non-hydrogen) atoms. The number of carbonyl (C=O) groups is 2. The lowest BCUT2D eigenvalue weighted by atomic mass is 10.1. The van der Waals surface area contributed by atoms with Crippen LogP contribution in [0.3, 0.4) is 0 Å². The molecule has 0 fully saturated rings. The number of hydrogen-bond donors (Lipinski definition) is 4. The molecule has 14 nitrogen and oxygen atoms in total. The molecule has 0 saturated carbocycles. The second-order valence-electron chi connectivity index (χ2n) is 12.6. The summed E-state index contributed by atoms with van der Waals surface area (Å²) in [5.74, 6) is 0.693. The molecule has 1 aromatic heterocycles. The lowest BCUT2D eigenvalue weighted by molar-refractivity contribution is -0.140. The van der Waals surface area contributed by atoms with Crippen LogP contribution in [0.5, 0.6) is 5.75 Å². The fourth-order valence-corrected chi connectivity index (χ4v) is 5.17. The van der Waals surface area contributed by atoms with Crippen LogP contribution >= 0.6 is 0 Å². The molecule has 0 aliphatic heterocycles. The van der Waals surface area contributed by atoms with E-state index in [0.29, 0.717) is 69.6 Å². The third kappa shape index (κ3) is 17.3. The summed E-state index contributed by atoms with van der Waals surface area (Å²) in [4.78, 5) is 33.5. The number of anilines is 1. The Morgan fingerprint density at radius 3 is 2.11 bits per heavy atom. The van der Waals surface area contributed by atoms with E-state index < -0.39 is 0 Å². The van der Waals surface area contributed by atoms with E-state index in [1.807, 2.05) is 37.3 Å². The number of aromatic nitrogens is 2. The van der Waals surface area contributed by atoms with Gasteiger partial charge < -0.3 is 39.2 Å². The molecule has 14 heteroatoms. The first-order valence-electron chi connectivity index (χ1n) is 18.6. The first-order valence-corrected chi connectivity index (χ1v) is 18.6. The third-order valence-corrected chi connectivity index (χ3v) is 8.47. The van der Waals surface area contributed by atoms with Crippen molar-refractivity contribution in [3.05, 3.63) is 83.9 Å². The molecule has 1 atom stereocenters. The molecule has 0 radical (unpaired) electrons. The number of esters is 1. The molecular weight excluding hydrogens is 690 g/mol. The van der Waals surface area contributed by atoms with E-state index in [0.717, 1.165) is 56.3 Å². The van der Waals surface area contributed by atoms with Crippen molar-refractivity contribution in [1.82, 2.24) is 20.2 Å². The van der Waals surface area contributed by atoms with Crippen LogP contribution in [0.1, 0.15) is 85.9 Å². The second kappa shape index (κ2) is 26.0. The van der Waals surface area contributed by atoms with E-state index in [4.69, 9.17) is 29.8 Å². The van der Waals surface area contributed by atoms with Gasteiger partial charge in [0, 0.05) is 44.1 Å². The van der Waals surface area contributed by atoms with Crippen molar-refractivity contribution in [2.45, 2.75) is 64.3 Å². The summed E-state index contributed by atoms with van der Waals surface area (Å²) in [6.45, 7) is 6.37. The highest BCUT2D eigenvalue weighted by atomic mass is 16.5. The van der Waals surface area contributed by atoms with Gasteiger partial charge in [-0.1, -0.05) is 31.0 Å². The standard InChI is InChI=1S/C40H57N7O7/c1-31(46-40(49)33-12-11-13-34(28-33)44-29-37(41)47(2)39(42)36-19-20-43-30-45-36)32-15-17-35(18-16-32)54-23-10-5-4-8-21-51-24-26-53-27-25-52-22-9-6-7-14-38(48)50-3/h11-13,15-20,28,30-31,41-42,44H,4-10,14,21-27,29H2,1-3H3,(H,46,49)/t31-/m1/s1. The highest BCUT2D eigenvalue weighted by Crippen LogP contribution is 2.19. The van der Waals surface area contributed by atoms with Crippen molar-refractivity contribution >= 4 is 29.2 Å². The molecule has 3 aromatic rings. The fraction of sp³-hybridized carbons (Fsp3) is 0.500. The third-order valence-electron chi connectivity index (χ3n) is 8.47. The van der Waals surface area contributed by atoms with Gasteiger partial charge in [0.2, 0.25) is 0 Å². The van der Waals surface area contributed by atoms with Crippen LogP contribution in [0.25, 0.3) is 0 Å². The molecule has 0 spiro atoms. The van der Waals surface area contributed by atoms with Gasteiger partial charge in [-0.15, -0.1) is 0 Å². The van der Waals surface area contributed by atoms with Crippen LogP contribution in [0.2, 0.25) is 0 Å². The highest BCUT2D eigenvalue weighted by Gasteiger charge is 2.15. The second-order valence-corrected chi connectivity index (χ2v) is 12.6. The number of unbranched alkanes of at least 4 members (excludes halogenated alkanes) is 5. The number of amides is 1. The minimum atomic E-state index is -0.215. The number of nitrogens with zero attached hydrogens (tertiary/aromatic N) is 3. The molecule has 1 heterocycles. The number of likely N-dealkylation sites (N-methyl/N-ethyl adjacent to an activating group) is 1. The average molecular weight is 748 g/mol. The van der Waals surface area contributed by atoms with Crippen molar-refractivity contribution < 1.29 is 33.3 Å². The van der Waals surface area contributed by atoms with Gasteiger partial charge in [0.25, 0.3) is 5.91 Å². The molecule has 0 aliphatic carbocycles. The molecule has 0 aliphatic rings. The average Bonchev–Trinajstić information content (AvgIpc) is 3.20. The Balaban J connectivity index is 1.20. The summed E-state index contributed by atoms with van der Waals surface area (Å²) >= 11 is 0. The predicted octanol–water partition coefficient (Wildman–Crippen LogP) is 6.04. The van der Waals surface area contributed by atoms with E-state index in [1.54, 1.807) is 37.5 Å². The van der Waals surface area contributed by atoms with Gasteiger partial charge in [-0.2, -0.15) is 0 Å². The van der Waals surface area contributed by atoms with Gasteiger partial charge in [0.1, 0.15) is 23.6 Å². The Bertz CT molecular complexity index is 1540. The number of rotatable bonds is 27. The summed E-state index contributed by atoms with van der Waals surface area (Å²) in [6.07, 6.45) is 10.2. The van der Waals surface area contributed by atoms with Crippen LogP contribution < -0.4 is 15.4 Å². The number of amidine groups is 2. The predicted molar refractivity (Wildman–Crippen MR) is 209 cm³/mol. The Morgan fingerprint density at radius 2 is 1.46 bits per heavy atom. The molecule has 4 N–H and O–H groups in total. The van der Waals surface area contributed by atoms with Crippen molar-refractivity contribution in [3.63, 3.8) is 0 Å². The maximum Gasteiger partial charge on any atom is 0.305 e. The van der Waals surface area contributed by atoms with Crippen molar-refractivity contribution in [2.75, 3.05) is 72.3 Å². The van der Waals surface area contributed by atoms with Gasteiger partial charge in [-0.05, 0) is 81.0 Å². The van der Waals surface area contributed by atoms with E-state index in [1.165, 1.54) is 18.3 Å². The zero-order valence-electron chi connectivity index (χ0n) is 31.9. The van der Waals surface area contributed by atoms with Crippen molar-refractivity contribution in [2.24, 2.45) is 0 Å². The largest absolute Gasteiger partial charge is 0.494 e. The topological polar surface area (TPSA) is 181 Å². The van der Waals surface area contributed by atoms with Gasteiger partial charge in [0.05, 0.1) is 52.7 Å². The summed E-state index contributed by atoms with van der Waals surface area (Å²) < 4.78 is 27.3. The number of benzene rings is 2. The Kier molecular flexibility index (Phi) is 20.9. The van der Waals surface area contributed by atoms with Gasteiger partial charge in [0.15, 0.2) is 5.84 Å². The number of hydrogen-bond acceptors (Lipinski definition) is 12. The molecule has 294 valence electrons. The number of nitrogens with one attached hydrogen (secondary N) is 4. The van der Waals surface area contributed by atoms with Gasteiger partial charge >= 0.3 is 5.97 Å². The lowest BCUT2D eigenvalue weighted by Gasteiger charge is -2.21. The van der Waals surface area contributed by atoms with E-state index in [-0.39, 0.29) is 36.1 Å². The van der Waals surface area contributed by atoms with E-state index in [9.17, 15) is 9.59 Å². The maximum atomic E-state index is 13.1. The number of ether oxygens (including phenoxy) is 5. The SMILES string of the molecule is COC(=O)CCCCCOCCOCCOCCCCCCOc1ccc([C@@H](C)NC(=O)c2cccc(NCC(=N)N(C)C(=N)c3ccncn3)c2)cc1. The summed E-state index contributed by atoms with van der Waals surface area (Å²) in [7, 11) is 3.05. The molecule has 0 unspecified atom stereocenters. The van der Waals surface area contributed by atoms with Crippen LogP contribution in [-0.4, -0.2) is 105 Å². The monoisotopic (exact) mass is 747 g/mol. The number of methoxy groups -OCH3 is 1. The van der Waals surface area contributed by atoms with Crippen molar-refractivity contribution in [3.8, 4) is 5.75 Å². The first kappa shape index (κ1) is 43.5. The first-order chi connectivity index (χ1) is 26.3. The zero-order chi connectivity index (χ0) is 38.8. The van der Waals surface area contributed by atoms with Crippen molar-refractivity contribution in [1.29, 1.82) is 10.8 Å². The summed E-state index contributed by atoms with van der Waals surface area (Å²) in [5, 5.41) is 22.9. The Morgan fingerprint density at radius 1 is 0.815 bits per heavy atom. The quantitative estimate of drug-likeness (QED) is 0.0309. The van der Waals surface area contributed by atoms with Gasteiger partial charge in [-0.25, -0.2) is 9.97 Å². The normalized spacial score (nSPS) is 11.4. The van der Waals surface area contributed by atoms with Crippen LogP contribution in [0.15, 0.2) is 67.1 Å². The van der Waals surface area contributed by atoms with Gasteiger partial charge in [-0.3, -0.25) is 20.4 Å². The van der Waals surface area contributed by atoms with E-state index in [2.05, 4.69) is 25.3 Å². The number of carbonyl (C=O) groups excluding carboxylic acids is 2. The minimum absolute atomic E-state index is 0.0932. The summed E-state index contributed by atoms with van der Waals surface area (Å²) in [6, 6.07) is 16.3. The summed E-state index contributed by atoms with van der Waals surface area (Å²) in [5.41, 5.74) is 2.58. The smallest absolute Gasteiger partial charge is 0.305 e. The lowest BCUT2D eigenvalue weighted by Crippen LogP contribution is -2.37. The molecule has 0 bridgehead atoms. The van der Waals surface area contributed by atoms with Crippen LogP contribution in [-0.2, 0) is 23.7 Å². The Hall–Kier alpha value is -4.92. The fourth-order valence-electron chi connectivity index (χ4n) is 5.17.